The lowest BCUT2D eigenvalue weighted by Crippen LogP contribution is -2.40. The van der Waals surface area contributed by atoms with E-state index in [0.717, 1.165) is 23.2 Å². The number of rotatable bonds is 8. The number of para-hydroxylation sites is 1. The van der Waals surface area contributed by atoms with Crippen molar-refractivity contribution in [1.29, 1.82) is 0 Å². The second-order valence-electron chi connectivity index (χ2n) is 8.60. The number of hydrogen-bond donors (Lipinski definition) is 1. The Hall–Kier alpha value is -4.00. The van der Waals surface area contributed by atoms with Crippen LogP contribution in [0.3, 0.4) is 0 Å². The first-order valence-electron chi connectivity index (χ1n) is 12.5. The Labute approximate surface area is 211 Å². The van der Waals surface area contributed by atoms with Gasteiger partial charge in [-0.15, -0.1) is 0 Å². The molecule has 0 unspecified atom stereocenters. The third kappa shape index (κ3) is 4.26. The summed E-state index contributed by atoms with van der Waals surface area (Å²) in [7, 11) is 0. The fourth-order valence-corrected chi connectivity index (χ4v) is 5.02. The zero-order chi connectivity index (χ0) is 25.1. The Morgan fingerprint density at radius 2 is 1.72 bits per heavy atom. The summed E-state index contributed by atoms with van der Waals surface area (Å²) < 4.78 is 17.6. The Bertz CT molecular complexity index is 1340. The molecule has 0 radical (unpaired) electrons. The first kappa shape index (κ1) is 23.7. The highest BCUT2D eigenvalue weighted by molar-refractivity contribution is 5.97. The average molecular weight is 486 g/mol. The van der Waals surface area contributed by atoms with Crippen LogP contribution >= 0.6 is 0 Å². The highest BCUT2D eigenvalue weighted by atomic mass is 16.5. The Morgan fingerprint density at radius 1 is 1.00 bits per heavy atom. The number of aromatic amines is 1. The van der Waals surface area contributed by atoms with Crippen molar-refractivity contribution >= 4 is 16.8 Å². The van der Waals surface area contributed by atoms with Crippen molar-refractivity contribution in [3.05, 3.63) is 83.3 Å². The molecule has 1 atom stereocenters. The van der Waals surface area contributed by atoms with Crippen LogP contribution in [0.25, 0.3) is 10.9 Å². The van der Waals surface area contributed by atoms with Gasteiger partial charge in [-0.25, -0.2) is 0 Å². The van der Waals surface area contributed by atoms with Gasteiger partial charge in [0.2, 0.25) is 5.75 Å². The van der Waals surface area contributed by atoms with Crippen molar-refractivity contribution in [2.24, 2.45) is 0 Å². The lowest BCUT2D eigenvalue weighted by atomic mass is 9.92. The minimum atomic E-state index is -0.292. The van der Waals surface area contributed by atoms with E-state index in [9.17, 15) is 4.79 Å². The number of carbonyl (C=O) groups is 1. The number of amides is 1. The maximum absolute atomic E-state index is 14.1. The number of benzene rings is 2. The van der Waals surface area contributed by atoms with Crippen molar-refractivity contribution in [3.63, 3.8) is 0 Å². The van der Waals surface area contributed by atoms with Crippen LogP contribution in [0.15, 0.2) is 60.9 Å². The molecule has 0 spiro atoms. The minimum absolute atomic E-state index is 0.0990. The predicted molar refractivity (Wildman–Crippen MR) is 139 cm³/mol. The normalized spacial score (nSPS) is 15.0. The molecule has 1 amide bonds. The molecule has 1 aliphatic rings. The van der Waals surface area contributed by atoms with Gasteiger partial charge < -0.3 is 24.1 Å². The predicted octanol–water partition coefficient (Wildman–Crippen LogP) is 5.55. The largest absolute Gasteiger partial charge is 0.490 e. The topological polar surface area (TPSA) is 76.7 Å². The average Bonchev–Trinajstić information content (AvgIpc) is 3.29. The van der Waals surface area contributed by atoms with E-state index >= 15 is 0 Å². The van der Waals surface area contributed by atoms with Gasteiger partial charge in [0.15, 0.2) is 11.5 Å². The molecule has 7 nitrogen and oxygen atoms in total. The number of carbonyl (C=O) groups excluding carboxylic acids is 1. The first-order valence-corrected chi connectivity index (χ1v) is 12.5. The molecule has 0 saturated heterocycles. The molecule has 0 aliphatic carbocycles. The Balaban J connectivity index is 1.61. The van der Waals surface area contributed by atoms with Gasteiger partial charge in [-0.3, -0.25) is 9.78 Å². The van der Waals surface area contributed by atoms with Crippen LogP contribution < -0.4 is 14.2 Å². The van der Waals surface area contributed by atoms with Crippen LogP contribution in [0, 0.1) is 0 Å². The maximum atomic E-state index is 14.1. The molecule has 186 valence electrons. The lowest BCUT2D eigenvalue weighted by Gasteiger charge is -2.36. The van der Waals surface area contributed by atoms with Crippen molar-refractivity contribution in [2.75, 3.05) is 26.4 Å². The summed E-state index contributed by atoms with van der Waals surface area (Å²) in [5.74, 6) is 1.45. The van der Waals surface area contributed by atoms with E-state index in [0.29, 0.717) is 49.2 Å². The monoisotopic (exact) mass is 485 g/mol. The second-order valence-corrected chi connectivity index (χ2v) is 8.60. The standard InChI is InChI=1S/C29H31N3O4/c1-4-34-24-16-20(17-25(35-5-2)28(24)36-6-3)29(33)32-15-13-22-21-11-7-8-12-23(21)31-26(22)27(32)19-10-9-14-30-18-19/h7-12,14,16-18,27,31H,4-6,13,15H2,1-3H3/t27-/m1/s1. The summed E-state index contributed by atoms with van der Waals surface area (Å²) >= 11 is 0. The number of aromatic nitrogens is 2. The van der Waals surface area contributed by atoms with E-state index in [1.54, 1.807) is 18.3 Å². The number of hydrogen-bond acceptors (Lipinski definition) is 5. The molecule has 2 aromatic heterocycles. The van der Waals surface area contributed by atoms with Gasteiger partial charge >= 0.3 is 0 Å². The summed E-state index contributed by atoms with van der Waals surface area (Å²) in [6, 6.07) is 15.5. The number of nitrogens with zero attached hydrogens (tertiary/aromatic N) is 2. The molecular formula is C29H31N3O4. The molecule has 2 aromatic carbocycles. The van der Waals surface area contributed by atoms with E-state index in [2.05, 4.69) is 28.2 Å². The SMILES string of the molecule is CCOc1cc(C(=O)N2CCc3c([nH]c4ccccc34)[C@H]2c2cccnc2)cc(OCC)c1OCC. The maximum Gasteiger partial charge on any atom is 0.254 e. The van der Waals surface area contributed by atoms with Crippen molar-refractivity contribution in [2.45, 2.75) is 33.2 Å². The van der Waals surface area contributed by atoms with Gasteiger partial charge in [-0.05, 0) is 62.6 Å². The van der Waals surface area contributed by atoms with Gasteiger partial charge in [0.05, 0.1) is 25.9 Å². The Kier molecular flexibility index (Phi) is 6.80. The van der Waals surface area contributed by atoms with Crippen LogP contribution in [0.1, 0.15) is 54.0 Å². The molecule has 0 saturated carbocycles. The number of fused-ring (bicyclic) bond motifs is 3. The molecule has 36 heavy (non-hydrogen) atoms. The summed E-state index contributed by atoms with van der Waals surface area (Å²) in [6.07, 6.45) is 4.34. The molecule has 1 N–H and O–H groups in total. The number of ether oxygens (including phenoxy) is 3. The van der Waals surface area contributed by atoms with Gasteiger partial charge in [0, 0.05) is 41.1 Å². The van der Waals surface area contributed by atoms with E-state index in [1.165, 1.54) is 10.9 Å². The van der Waals surface area contributed by atoms with Gasteiger partial charge in [-0.1, -0.05) is 24.3 Å². The zero-order valence-corrected chi connectivity index (χ0v) is 20.9. The van der Waals surface area contributed by atoms with Gasteiger partial charge in [0.25, 0.3) is 5.91 Å². The zero-order valence-electron chi connectivity index (χ0n) is 20.9. The van der Waals surface area contributed by atoms with Crippen LogP contribution in [0.4, 0.5) is 0 Å². The van der Waals surface area contributed by atoms with E-state index < -0.39 is 0 Å². The summed E-state index contributed by atoms with van der Waals surface area (Å²) in [6.45, 7) is 7.67. The number of nitrogens with one attached hydrogen (secondary N) is 1. The third-order valence-corrected chi connectivity index (χ3v) is 6.45. The second kappa shape index (κ2) is 10.3. The molecule has 4 aromatic rings. The van der Waals surface area contributed by atoms with Crippen molar-refractivity contribution in [3.8, 4) is 17.2 Å². The van der Waals surface area contributed by atoms with Crippen molar-refractivity contribution < 1.29 is 19.0 Å². The lowest BCUT2D eigenvalue weighted by molar-refractivity contribution is 0.0690. The fraction of sp³-hybridized carbons (Fsp3) is 0.310. The quantitative estimate of drug-likeness (QED) is 0.354. The van der Waals surface area contributed by atoms with Gasteiger partial charge in [0.1, 0.15) is 0 Å². The molecule has 0 fully saturated rings. The summed E-state index contributed by atoms with van der Waals surface area (Å²) in [5, 5.41) is 1.20. The minimum Gasteiger partial charge on any atom is -0.490 e. The van der Waals surface area contributed by atoms with E-state index in [4.69, 9.17) is 14.2 Å². The third-order valence-electron chi connectivity index (χ3n) is 6.45. The molecule has 3 heterocycles. The van der Waals surface area contributed by atoms with Crippen LogP contribution in [0.5, 0.6) is 17.2 Å². The van der Waals surface area contributed by atoms with Gasteiger partial charge in [-0.2, -0.15) is 0 Å². The van der Waals surface area contributed by atoms with E-state index in [1.807, 2.05) is 50.1 Å². The Morgan fingerprint density at radius 3 is 2.39 bits per heavy atom. The first-order chi connectivity index (χ1) is 17.7. The molecule has 7 heteroatoms. The van der Waals surface area contributed by atoms with Crippen LogP contribution in [-0.2, 0) is 6.42 Å². The van der Waals surface area contributed by atoms with Crippen molar-refractivity contribution in [1.82, 2.24) is 14.9 Å². The summed E-state index contributed by atoms with van der Waals surface area (Å²) in [5.41, 5.74) is 4.81. The molecule has 5 rings (SSSR count). The van der Waals surface area contributed by atoms with Crippen LogP contribution in [-0.4, -0.2) is 47.1 Å². The molecular weight excluding hydrogens is 454 g/mol. The molecule has 1 aliphatic heterocycles. The fourth-order valence-electron chi connectivity index (χ4n) is 5.02. The van der Waals surface area contributed by atoms with Crippen LogP contribution in [0.2, 0.25) is 0 Å². The number of H-pyrrole nitrogens is 1. The highest BCUT2D eigenvalue weighted by Gasteiger charge is 2.35. The highest BCUT2D eigenvalue weighted by Crippen LogP contribution is 2.42. The van der Waals surface area contributed by atoms with E-state index in [-0.39, 0.29) is 11.9 Å². The molecule has 0 bridgehead atoms. The number of pyridine rings is 1. The summed E-state index contributed by atoms with van der Waals surface area (Å²) in [4.78, 5) is 24.0. The smallest absolute Gasteiger partial charge is 0.254 e.